The number of halogens is 1. The van der Waals surface area contributed by atoms with Crippen LogP contribution in [0.2, 0.25) is 5.02 Å². The third-order valence-corrected chi connectivity index (χ3v) is 2.28. The molecule has 0 bridgehead atoms. The smallest absolute Gasteiger partial charge is 0.0995 e. The standard InChI is InChI=1S/C10H11ClN2O/c1-13-10(6-14)9-4-8(11)3-2-7(9)5-12/h2-4,10,13-14H,6H2,1H3. The summed E-state index contributed by atoms with van der Waals surface area (Å²) in [4.78, 5) is 0. The SMILES string of the molecule is CNC(CO)c1cc(Cl)ccc1C#N. The van der Waals surface area contributed by atoms with Crippen LogP contribution in [0.4, 0.5) is 0 Å². The van der Waals surface area contributed by atoms with Crippen LogP contribution in [-0.4, -0.2) is 18.8 Å². The van der Waals surface area contributed by atoms with Gasteiger partial charge in [0.25, 0.3) is 0 Å². The summed E-state index contributed by atoms with van der Waals surface area (Å²) in [7, 11) is 1.73. The molecule has 2 N–H and O–H groups in total. The molecule has 14 heavy (non-hydrogen) atoms. The number of likely N-dealkylation sites (N-methyl/N-ethyl adjacent to an activating group) is 1. The minimum absolute atomic E-state index is 0.0640. The third kappa shape index (κ3) is 2.24. The van der Waals surface area contributed by atoms with Gasteiger partial charge in [-0.2, -0.15) is 5.26 Å². The lowest BCUT2D eigenvalue weighted by atomic mass is 10.0. The van der Waals surface area contributed by atoms with E-state index in [-0.39, 0.29) is 12.6 Å². The van der Waals surface area contributed by atoms with Crippen LogP contribution >= 0.6 is 11.6 Å². The van der Waals surface area contributed by atoms with E-state index in [2.05, 4.69) is 11.4 Å². The number of nitrogens with one attached hydrogen (secondary N) is 1. The fourth-order valence-corrected chi connectivity index (χ4v) is 1.45. The van der Waals surface area contributed by atoms with Crippen LogP contribution in [-0.2, 0) is 0 Å². The summed E-state index contributed by atoms with van der Waals surface area (Å²) < 4.78 is 0. The summed E-state index contributed by atoms with van der Waals surface area (Å²) in [6, 6.07) is 6.82. The monoisotopic (exact) mass is 210 g/mol. The Morgan fingerprint density at radius 3 is 2.86 bits per heavy atom. The van der Waals surface area contributed by atoms with Gasteiger partial charge in [0.05, 0.1) is 24.3 Å². The highest BCUT2D eigenvalue weighted by Crippen LogP contribution is 2.21. The highest BCUT2D eigenvalue weighted by Gasteiger charge is 2.12. The highest BCUT2D eigenvalue weighted by atomic mass is 35.5. The maximum atomic E-state index is 9.08. The van der Waals surface area contributed by atoms with Gasteiger partial charge in [-0.15, -0.1) is 0 Å². The summed E-state index contributed by atoms with van der Waals surface area (Å²) in [6.45, 7) is -0.0640. The number of hydrogen-bond acceptors (Lipinski definition) is 3. The van der Waals surface area contributed by atoms with Crippen molar-refractivity contribution in [1.29, 1.82) is 5.26 Å². The van der Waals surface area contributed by atoms with Crippen molar-refractivity contribution in [3.05, 3.63) is 34.3 Å². The summed E-state index contributed by atoms with van der Waals surface area (Å²) in [5.41, 5.74) is 1.26. The predicted octanol–water partition coefficient (Wildman–Crippen LogP) is 1.46. The van der Waals surface area contributed by atoms with Crippen LogP contribution in [0.25, 0.3) is 0 Å². The summed E-state index contributed by atoms with van der Waals surface area (Å²) in [5, 5.41) is 21.4. The van der Waals surface area contributed by atoms with E-state index < -0.39 is 0 Å². The summed E-state index contributed by atoms with van der Waals surface area (Å²) in [5.74, 6) is 0. The lowest BCUT2D eigenvalue weighted by molar-refractivity contribution is 0.251. The van der Waals surface area contributed by atoms with Crippen molar-refractivity contribution >= 4 is 11.6 Å². The molecule has 0 aliphatic rings. The molecule has 0 aliphatic heterocycles. The lowest BCUT2D eigenvalue weighted by Crippen LogP contribution is -2.20. The van der Waals surface area contributed by atoms with E-state index in [1.54, 1.807) is 25.2 Å². The maximum Gasteiger partial charge on any atom is 0.0995 e. The number of nitriles is 1. The van der Waals surface area contributed by atoms with Crippen molar-refractivity contribution < 1.29 is 5.11 Å². The van der Waals surface area contributed by atoms with Gasteiger partial charge in [0.15, 0.2) is 0 Å². The number of aliphatic hydroxyl groups excluding tert-OH is 1. The van der Waals surface area contributed by atoms with Crippen molar-refractivity contribution in [2.24, 2.45) is 0 Å². The van der Waals surface area contributed by atoms with Crippen LogP contribution in [0, 0.1) is 11.3 Å². The molecular formula is C10H11ClN2O. The van der Waals surface area contributed by atoms with Crippen LogP contribution < -0.4 is 5.32 Å². The molecule has 1 aromatic carbocycles. The number of rotatable bonds is 3. The fraction of sp³-hybridized carbons (Fsp3) is 0.300. The van der Waals surface area contributed by atoms with Gasteiger partial charge in [-0.1, -0.05) is 11.6 Å². The van der Waals surface area contributed by atoms with Crippen molar-refractivity contribution in [2.45, 2.75) is 6.04 Å². The molecule has 1 rings (SSSR count). The van der Waals surface area contributed by atoms with E-state index in [0.29, 0.717) is 10.6 Å². The molecule has 1 atom stereocenters. The average molecular weight is 211 g/mol. The van der Waals surface area contributed by atoms with Crippen LogP contribution in [0.1, 0.15) is 17.2 Å². The van der Waals surface area contributed by atoms with E-state index in [4.69, 9.17) is 22.0 Å². The molecular weight excluding hydrogens is 200 g/mol. The number of aliphatic hydroxyl groups is 1. The first kappa shape index (κ1) is 11.0. The minimum atomic E-state index is -0.247. The van der Waals surface area contributed by atoms with E-state index in [0.717, 1.165) is 5.56 Å². The topological polar surface area (TPSA) is 56.0 Å². The summed E-state index contributed by atoms with van der Waals surface area (Å²) >= 11 is 5.81. The second-order valence-electron chi connectivity index (χ2n) is 2.87. The first-order chi connectivity index (χ1) is 6.72. The van der Waals surface area contributed by atoms with E-state index in [1.807, 2.05) is 0 Å². The Morgan fingerprint density at radius 1 is 1.64 bits per heavy atom. The fourth-order valence-electron chi connectivity index (χ4n) is 1.27. The van der Waals surface area contributed by atoms with Gasteiger partial charge < -0.3 is 10.4 Å². The Kier molecular flexibility index (Phi) is 3.90. The molecule has 0 saturated heterocycles. The molecule has 0 spiro atoms. The normalized spacial score (nSPS) is 12.1. The molecule has 0 aromatic heterocycles. The van der Waals surface area contributed by atoms with Crippen molar-refractivity contribution in [3.63, 3.8) is 0 Å². The van der Waals surface area contributed by atoms with Gasteiger partial charge >= 0.3 is 0 Å². The molecule has 4 heteroatoms. The maximum absolute atomic E-state index is 9.08. The zero-order valence-corrected chi connectivity index (χ0v) is 8.54. The van der Waals surface area contributed by atoms with Gasteiger partial charge in [0.1, 0.15) is 0 Å². The van der Waals surface area contributed by atoms with Crippen LogP contribution in [0.3, 0.4) is 0 Å². The quantitative estimate of drug-likeness (QED) is 0.795. The second-order valence-corrected chi connectivity index (χ2v) is 3.30. The Labute approximate surface area is 87.9 Å². The predicted molar refractivity (Wildman–Crippen MR) is 55.1 cm³/mol. The van der Waals surface area contributed by atoms with E-state index in [9.17, 15) is 0 Å². The Bertz CT molecular complexity index is 356. The first-order valence-electron chi connectivity index (χ1n) is 4.20. The largest absolute Gasteiger partial charge is 0.394 e. The lowest BCUT2D eigenvalue weighted by Gasteiger charge is -2.14. The minimum Gasteiger partial charge on any atom is -0.394 e. The van der Waals surface area contributed by atoms with Gasteiger partial charge in [0.2, 0.25) is 0 Å². The Balaban J connectivity index is 3.16. The van der Waals surface area contributed by atoms with Gasteiger partial charge in [-0.05, 0) is 30.8 Å². The van der Waals surface area contributed by atoms with Gasteiger partial charge in [-0.25, -0.2) is 0 Å². The molecule has 3 nitrogen and oxygen atoms in total. The Morgan fingerprint density at radius 2 is 2.36 bits per heavy atom. The van der Waals surface area contributed by atoms with Gasteiger partial charge in [0, 0.05) is 5.02 Å². The van der Waals surface area contributed by atoms with Crippen molar-refractivity contribution in [3.8, 4) is 6.07 Å². The number of hydrogen-bond donors (Lipinski definition) is 2. The zero-order valence-electron chi connectivity index (χ0n) is 7.79. The average Bonchev–Trinajstić information content (AvgIpc) is 2.20. The third-order valence-electron chi connectivity index (χ3n) is 2.04. The molecule has 0 radical (unpaired) electrons. The number of nitrogens with zero attached hydrogens (tertiary/aromatic N) is 1. The summed E-state index contributed by atoms with van der Waals surface area (Å²) in [6.07, 6.45) is 0. The zero-order chi connectivity index (χ0) is 10.6. The Hall–Kier alpha value is -1.08. The molecule has 0 saturated carbocycles. The molecule has 0 fully saturated rings. The van der Waals surface area contributed by atoms with Crippen LogP contribution in [0.5, 0.6) is 0 Å². The van der Waals surface area contributed by atoms with E-state index >= 15 is 0 Å². The molecule has 1 unspecified atom stereocenters. The molecule has 1 aromatic rings. The molecule has 0 aliphatic carbocycles. The highest BCUT2D eigenvalue weighted by molar-refractivity contribution is 6.30. The molecule has 0 amide bonds. The second kappa shape index (κ2) is 4.97. The molecule has 0 heterocycles. The van der Waals surface area contributed by atoms with Crippen molar-refractivity contribution in [1.82, 2.24) is 5.32 Å². The van der Waals surface area contributed by atoms with Crippen molar-refractivity contribution in [2.75, 3.05) is 13.7 Å². The first-order valence-corrected chi connectivity index (χ1v) is 4.58. The van der Waals surface area contributed by atoms with Crippen LogP contribution in [0.15, 0.2) is 18.2 Å². The number of benzene rings is 1. The van der Waals surface area contributed by atoms with Gasteiger partial charge in [-0.3, -0.25) is 0 Å². The van der Waals surface area contributed by atoms with E-state index in [1.165, 1.54) is 0 Å². The molecule has 74 valence electrons.